The summed E-state index contributed by atoms with van der Waals surface area (Å²) in [6, 6.07) is 9.32. The topological polar surface area (TPSA) is 68.3 Å². The average molecular weight is 336 g/mol. The third-order valence-corrected chi connectivity index (χ3v) is 4.14. The molecule has 1 fully saturated rings. The van der Waals surface area contributed by atoms with E-state index in [1.54, 1.807) is 19.0 Å². The number of nitrogens with zero attached hydrogens (tertiary/aromatic N) is 2. The van der Waals surface area contributed by atoms with Crippen LogP contribution in [0.15, 0.2) is 30.3 Å². The van der Waals surface area contributed by atoms with E-state index in [0.29, 0.717) is 13.2 Å². The van der Waals surface area contributed by atoms with Crippen molar-refractivity contribution in [3.05, 3.63) is 35.9 Å². The van der Waals surface area contributed by atoms with E-state index in [2.05, 4.69) is 0 Å². The molecule has 0 N–H and O–H groups in total. The van der Waals surface area contributed by atoms with Crippen LogP contribution in [0.2, 0.25) is 0 Å². The van der Waals surface area contributed by atoms with Crippen molar-refractivity contribution in [1.82, 2.24) is 9.96 Å². The maximum absolute atomic E-state index is 12.3. The average Bonchev–Trinajstić information content (AvgIpc) is 3.09. The van der Waals surface area contributed by atoms with Gasteiger partial charge in [0.05, 0.1) is 32.8 Å². The van der Waals surface area contributed by atoms with Crippen LogP contribution in [0.1, 0.15) is 5.56 Å². The smallest absolute Gasteiger partial charge is 0.320 e. The van der Waals surface area contributed by atoms with Crippen LogP contribution in [0.3, 0.4) is 0 Å². The number of likely N-dealkylation sites (N-methyl/N-ethyl adjacent to an activating group) is 1. The van der Waals surface area contributed by atoms with Gasteiger partial charge >= 0.3 is 5.97 Å². The van der Waals surface area contributed by atoms with Crippen molar-refractivity contribution in [1.29, 1.82) is 0 Å². The molecule has 7 heteroatoms. The Morgan fingerprint density at radius 2 is 1.92 bits per heavy atom. The zero-order valence-corrected chi connectivity index (χ0v) is 14.3. The maximum Gasteiger partial charge on any atom is 0.320 e. The van der Waals surface area contributed by atoms with Crippen molar-refractivity contribution in [2.24, 2.45) is 5.92 Å². The standard InChI is InChI=1S/C17H24N2O5/c1-18(9-16(20)24-10-13-7-5-4-6-8-13)15-12-23-11-14(15)17(21)19(2)22-3/h4-8,14-15H,9-12H2,1-3H3. The number of rotatable bonds is 7. The Bertz CT molecular complexity index is 551. The number of amides is 1. The van der Waals surface area contributed by atoms with Crippen LogP contribution < -0.4 is 0 Å². The van der Waals surface area contributed by atoms with E-state index in [-0.39, 0.29) is 37.0 Å². The second-order valence-electron chi connectivity index (χ2n) is 5.79. The van der Waals surface area contributed by atoms with Crippen LogP contribution in [0.4, 0.5) is 0 Å². The van der Waals surface area contributed by atoms with Gasteiger partial charge in [0.25, 0.3) is 5.91 Å². The molecule has 1 aromatic carbocycles. The van der Waals surface area contributed by atoms with Crippen molar-refractivity contribution >= 4 is 11.9 Å². The van der Waals surface area contributed by atoms with Crippen molar-refractivity contribution in [2.75, 3.05) is 41.0 Å². The molecule has 1 aliphatic heterocycles. The Morgan fingerprint density at radius 1 is 1.21 bits per heavy atom. The fourth-order valence-corrected chi connectivity index (χ4v) is 2.64. The lowest BCUT2D eigenvalue weighted by Gasteiger charge is -2.28. The van der Waals surface area contributed by atoms with Crippen LogP contribution in [0, 0.1) is 5.92 Å². The van der Waals surface area contributed by atoms with Crippen molar-refractivity contribution in [3.63, 3.8) is 0 Å². The molecule has 0 radical (unpaired) electrons. The van der Waals surface area contributed by atoms with Crippen LogP contribution >= 0.6 is 0 Å². The van der Waals surface area contributed by atoms with Crippen LogP contribution in [0.25, 0.3) is 0 Å². The zero-order chi connectivity index (χ0) is 17.5. The monoisotopic (exact) mass is 336 g/mol. The number of carbonyl (C=O) groups excluding carboxylic acids is 2. The number of hydrogen-bond acceptors (Lipinski definition) is 6. The minimum absolute atomic E-state index is 0.0985. The molecule has 0 aliphatic carbocycles. The van der Waals surface area contributed by atoms with E-state index in [0.717, 1.165) is 5.56 Å². The fourth-order valence-electron chi connectivity index (χ4n) is 2.64. The molecular formula is C17H24N2O5. The molecule has 2 atom stereocenters. The molecule has 2 unspecified atom stereocenters. The van der Waals surface area contributed by atoms with Crippen molar-refractivity contribution < 1.29 is 23.9 Å². The van der Waals surface area contributed by atoms with Gasteiger partial charge in [-0.15, -0.1) is 0 Å². The first-order chi connectivity index (χ1) is 11.5. The highest BCUT2D eigenvalue weighted by atomic mass is 16.7. The summed E-state index contributed by atoms with van der Waals surface area (Å²) in [7, 11) is 4.79. The summed E-state index contributed by atoms with van der Waals surface area (Å²) in [4.78, 5) is 31.0. The van der Waals surface area contributed by atoms with Gasteiger partial charge in [0.2, 0.25) is 0 Å². The molecule has 1 aromatic rings. The van der Waals surface area contributed by atoms with E-state index in [1.807, 2.05) is 30.3 Å². The van der Waals surface area contributed by atoms with Crippen LogP contribution in [0.5, 0.6) is 0 Å². The molecule has 24 heavy (non-hydrogen) atoms. The Labute approximate surface area is 142 Å². The zero-order valence-electron chi connectivity index (χ0n) is 14.3. The molecule has 7 nitrogen and oxygen atoms in total. The molecule has 1 aliphatic rings. The highest BCUT2D eigenvalue weighted by Gasteiger charge is 2.38. The van der Waals surface area contributed by atoms with Gasteiger partial charge in [0, 0.05) is 13.1 Å². The quantitative estimate of drug-likeness (QED) is 0.539. The molecular weight excluding hydrogens is 312 g/mol. The van der Waals surface area contributed by atoms with Gasteiger partial charge in [0.15, 0.2) is 0 Å². The van der Waals surface area contributed by atoms with Crippen LogP contribution in [-0.4, -0.2) is 68.8 Å². The molecule has 2 rings (SSSR count). The third kappa shape index (κ3) is 4.77. The van der Waals surface area contributed by atoms with E-state index in [1.165, 1.54) is 12.2 Å². The number of benzene rings is 1. The van der Waals surface area contributed by atoms with E-state index in [4.69, 9.17) is 14.3 Å². The summed E-state index contributed by atoms with van der Waals surface area (Å²) in [5.41, 5.74) is 0.937. The first-order valence-corrected chi connectivity index (χ1v) is 7.82. The Morgan fingerprint density at radius 3 is 2.58 bits per heavy atom. The summed E-state index contributed by atoms with van der Waals surface area (Å²) < 4.78 is 10.7. The maximum atomic E-state index is 12.3. The molecule has 0 spiro atoms. The van der Waals surface area contributed by atoms with Gasteiger partial charge in [-0.1, -0.05) is 30.3 Å². The van der Waals surface area contributed by atoms with Gasteiger partial charge in [-0.05, 0) is 12.6 Å². The van der Waals surface area contributed by atoms with Crippen molar-refractivity contribution in [3.8, 4) is 0 Å². The summed E-state index contributed by atoms with van der Waals surface area (Å²) in [5, 5.41) is 1.19. The number of carbonyl (C=O) groups is 2. The van der Waals surface area contributed by atoms with Gasteiger partial charge in [-0.25, -0.2) is 5.06 Å². The van der Waals surface area contributed by atoms with Gasteiger partial charge in [-0.3, -0.25) is 19.3 Å². The summed E-state index contributed by atoms with van der Waals surface area (Å²) >= 11 is 0. The Kier molecular flexibility index (Phi) is 6.72. The lowest BCUT2D eigenvalue weighted by Crippen LogP contribution is -2.46. The number of ether oxygens (including phenoxy) is 2. The molecule has 1 saturated heterocycles. The second kappa shape index (κ2) is 8.77. The number of hydroxylamine groups is 2. The molecule has 132 valence electrons. The molecule has 1 heterocycles. The molecule has 0 saturated carbocycles. The molecule has 0 bridgehead atoms. The predicted octanol–water partition coefficient (Wildman–Crippen LogP) is 0.696. The minimum atomic E-state index is -0.359. The van der Waals surface area contributed by atoms with Gasteiger partial charge in [0.1, 0.15) is 6.61 Å². The second-order valence-corrected chi connectivity index (χ2v) is 5.79. The minimum Gasteiger partial charge on any atom is -0.460 e. The number of hydrogen-bond donors (Lipinski definition) is 0. The highest BCUT2D eigenvalue weighted by molar-refractivity contribution is 5.79. The Balaban J connectivity index is 1.85. The number of esters is 1. The Hall–Kier alpha value is -1.96. The van der Waals surface area contributed by atoms with E-state index < -0.39 is 0 Å². The summed E-state index contributed by atoms with van der Waals surface area (Å²) in [6.45, 7) is 1.06. The molecule has 0 aromatic heterocycles. The lowest BCUT2D eigenvalue weighted by molar-refractivity contribution is -0.175. The van der Waals surface area contributed by atoms with Gasteiger partial charge in [-0.2, -0.15) is 0 Å². The third-order valence-electron chi connectivity index (χ3n) is 4.14. The van der Waals surface area contributed by atoms with E-state index in [9.17, 15) is 9.59 Å². The lowest BCUT2D eigenvalue weighted by atomic mass is 10.0. The SMILES string of the molecule is CON(C)C(=O)C1COCC1N(C)CC(=O)OCc1ccccc1. The van der Waals surface area contributed by atoms with Gasteiger partial charge < -0.3 is 9.47 Å². The van der Waals surface area contributed by atoms with E-state index >= 15 is 0 Å². The first kappa shape index (κ1) is 18.4. The first-order valence-electron chi connectivity index (χ1n) is 7.82. The largest absolute Gasteiger partial charge is 0.460 e. The predicted molar refractivity (Wildman–Crippen MR) is 86.7 cm³/mol. The summed E-state index contributed by atoms with van der Waals surface area (Å²) in [5.74, 6) is -0.856. The normalized spacial score (nSPS) is 20.2. The highest BCUT2D eigenvalue weighted by Crippen LogP contribution is 2.21. The molecule has 1 amide bonds. The van der Waals surface area contributed by atoms with Crippen LogP contribution in [-0.2, 0) is 30.5 Å². The fraction of sp³-hybridized carbons (Fsp3) is 0.529. The van der Waals surface area contributed by atoms with Crippen molar-refractivity contribution in [2.45, 2.75) is 12.6 Å². The summed E-state index contributed by atoms with van der Waals surface area (Å²) in [6.07, 6.45) is 0.